The first-order chi connectivity index (χ1) is 12.2. The van der Waals surface area contributed by atoms with E-state index in [0.29, 0.717) is 11.6 Å². The van der Waals surface area contributed by atoms with Crippen molar-refractivity contribution < 1.29 is 4.79 Å². The van der Waals surface area contributed by atoms with Gasteiger partial charge in [-0.15, -0.1) is 0 Å². The molecule has 0 saturated heterocycles. The van der Waals surface area contributed by atoms with Gasteiger partial charge in [-0.1, -0.05) is 48.0 Å². The van der Waals surface area contributed by atoms with Gasteiger partial charge in [-0.2, -0.15) is 0 Å². The Morgan fingerprint density at radius 1 is 1.12 bits per heavy atom. The highest BCUT2D eigenvalue weighted by Gasteiger charge is 2.23. The quantitative estimate of drug-likeness (QED) is 0.783. The second-order valence-electron chi connectivity index (χ2n) is 6.66. The largest absolute Gasteiger partial charge is 0.333 e. The summed E-state index contributed by atoms with van der Waals surface area (Å²) in [4.78, 5) is 17.0. The zero-order valence-electron chi connectivity index (χ0n) is 14.3. The van der Waals surface area contributed by atoms with E-state index in [4.69, 9.17) is 0 Å². The number of aryl methyl sites for hydroxylation is 2. The maximum Gasteiger partial charge on any atom is 0.275 e. The maximum absolute atomic E-state index is 12.5. The third kappa shape index (κ3) is 3.33. The monoisotopic (exact) mass is 331 g/mol. The Morgan fingerprint density at radius 2 is 1.88 bits per heavy atom. The van der Waals surface area contributed by atoms with Crippen LogP contribution < -0.4 is 5.32 Å². The Labute approximate surface area is 147 Å². The molecule has 4 heteroatoms. The van der Waals surface area contributed by atoms with Crippen LogP contribution in [-0.2, 0) is 13.0 Å². The number of amides is 1. The Kier molecular flexibility index (Phi) is 4.10. The molecule has 2 aromatic carbocycles. The van der Waals surface area contributed by atoms with E-state index in [9.17, 15) is 4.79 Å². The third-order valence-electron chi connectivity index (χ3n) is 4.81. The van der Waals surface area contributed by atoms with Gasteiger partial charge in [0.25, 0.3) is 5.91 Å². The second kappa shape index (κ2) is 6.55. The van der Waals surface area contributed by atoms with Crippen molar-refractivity contribution in [1.29, 1.82) is 0 Å². The van der Waals surface area contributed by atoms with Crippen LogP contribution in [0.5, 0.6) is 0 Å². The number of hydrogen-bond acceptors (Lipinski definition) is 2. The summed E-state index contributed by atoms with van der Waals surface area (Å²) >= 11 is 0. The van der Waals surface area contributed by atoms with Gasteiger partial charge in [-0.3, -0.25) is 4.79 Å². The molecular formula is C21H21N3O. The molecule has 1 unspecified atom stereocenters. The molecule has 1 aliphatic rings. The smallest absolute Gasteiger partial charge is 0.275 e. The standard InChI is InChI=1S/C21H21N3O/c1-15-7-10-18(11-8-15)22-21(25)19-14-24-13-17(9-12-20(24)23-19)16-5-3-2-4-6-16/h2-8,10-11,14,17H,9,12-13H2,1H3,(H,22,25). The van der Waals surface area contributed by atoms with Crippen LogP contribution >= 0.6 is 0 Å². The number of nitrogens with one attached hydrogen (secondary N) is 1. The van der Waals surface area contributed by atoms with Crippen molar-refractivity contribution in [3.63, 3.8) is 0 Å². The molecule has 1 amide bonds. The van der Waals surface area contributed by atoms with Crippen LogP contribution in [0.15, 0.2) is 60.8 Å². The highest BCUT2D eigenvalue weighted by atomic mass is 16.1. The molecule has 1 atom stereocenters. The van der Waals surface area contributed by atoms with E-state index >= 15 is 0 Å². The molecule has 1 N–H and O–H groups in total. The molecule has 0 spiro atoms. The van der Waals surface area contributed by atoms with Gasteiger partial charge in [0, 0.05) is 30.8 Å². The Morgan fingerprint density at radius 3 is 2.64 bits per heavy atom. The molecule has 2 heterocycles. The van der Waals surface area contributed by atoms with Gasteiger partial charge in [0.2, 0.25) is 0 Å². The summed E-state index contributed by atoms with van der Waals surface area (Å²) in [5, 5.41) is 2.92. The molecule has 1 aliphatic heterocycles. The minimum atomic E-state index is -0.151. The zero-order chi connectivity index (χ0) is 17.2. The number of nitrogens with zero attached hydrogens (tertiary/aromatic N) is 2. The SMILES string of the molecule is Cc1ccc(NC(=O)c2cn3c(n2)CCC(c2ccccc2)C3)cc1. The van der Waals surface area contributed by atoms with Gasteiger partial charge >= 0.3 is 0 Å². The first-order valence-corrected chi connectivity index (χ1v) is 8.68. The summed E-state index contributed by atoms with van der Waals surface area (Å²) < 4.78 is 2.13. The number of benzene rings is 2. The van der Waals surface area contributed by atoms with Crippen LogP contribution in [0, 0.1) is 6.92 Å². The van der Waals surface area contributed by atoms with Gasteiger partial charge in [0.1, 0.15) is 11.5 Å². The third-order valence-corrected chi connectivity index (χ3v) is 4.81. The molecule has 0 bridgehead atoms. The molecule has 0 fully saturated rings. The van der Waals surface area contributed by atoms with Crippen molar-refractivity contribution >= 4 is 11.6 Å². The molecule has 4 rings (SSSR count). The van der Waals surface area contributed by atoms with E-state index < -0.39 is 0 Å². The van der Waals surface area contributed by atoms with Crippen molar-refractivity contribution in [2.45, 2.75) is 32.2 Å². The molecule has 0 radical (unpaired) electrons. The maximum atomic E-state index is 12.5. The van der Waals surface area contributed by atoms with Crippen LogP contribution in [0.1, 0.15) is 39.8 Å². The summed E-state index contributed by atoms with van der Waals surface area (Å²) in [5.74, 6) is 1.33. The minimum absolute atomic E-state index is 0.151. The fraction of sp³-hybridized carbons (Fsp3) is 0.238. The van der Waals surface area contributed by atoms with Crippen LogP contribution in [0.3, 0.4) is 0 Å². The van der Waals surface area contributed by atoms with Gasteiger partial charge in [-0.05, 0) is 31.0 Å². The second-order valence-corrected chi connectivity index (χ2v) is 6.66. The Balaban J connectivity index is 1.50. The number of anilines is 1. The predicted octanol–water partition coefficient (Wildman–Crippen LogP) is 4.17. The Hall–Kier alpha value is -2.88. The van der Waals surface area contributed by atoms with E-state index in [1.54, 1.807) is 0 Å². The molecule has 126 valence electrons. The van der Waals surface area contributed by atoms with Gasteiger partial charge in [0.15, 0.2) is 0 Å². The fourth-order valence-electron chi connectivity index (χ4n) is 3.38. The summed E-state index contributed by atoms with van der Waals surface area (Å²) in [6.07, 6.45) is 3.85. The average Bonchev–Trinajstić information content (AvgIpc) is 3.08. The van der Waals surface area contributed by atoms with Crippen molar-refractivity contribution in [2.75, 3.05) is 5.32 Å². The minimum Gasteiger partial charge on any atom is -0.333 e. The number of carbonyl (C=O) groups excluding carboxylic acids is 1. The number of imidazole rings is 1. The molecule has 1 aromatic heterocycles. The lowest BCUT2D eigenvalue weighted by molar-refractivity contribution is 0.102. The van der Waals surface area contributed by atoms with Crippen LogP contribution in [-0.4, -0.2) is 15.5 Å². The summed E-state index contributed by atoms with van der Waals surface area (Å²) in [5.41, 5.74) is 3.81. The molecule has 3 aromatic rings. The number of aromatic nitrogens is 2. The van der Waals surface area contributed by atoms with Crippen molar-refractivity contribution in [1.82, 2.24) is 9.55 Å². The predicted molar refractivity (Wildman–Crippen MR) is 98.9 cm³/mol. The lowest BCUT2D eigenvalue weighted by atomic mass is 9.92. The number of rotatable bonds is 3. The van der Waals surface area contributed by atoms with Crippen LogP contribution in [0.25, 0.3) is 0 Å². The van der Waals surface area contributed by atoms with Crippen LogP contribution in [0.4, 0.5) is 5.69 Å². The van der Waals surface area contributed by atoms with Crippen molar-refractivity contribution in [3.8, 4) is 0 Å². The lowest BCUT2D eigenvalue weighted by Crippen LogP contribution is -2.18. The topological polar surface area (TPSA) is 46.9 Å². The normalized spacial score (nSPS) is 16.3. The van der Waals surface area contributed by atoms with E-state index in [2.05, 4.69) is 39.1 Å². The number of fused-ring (bicyclic) bond motifs is 1. The van der Waals surface area contributed by atoms with E-state index in [1.165, 1.54) is 11.1 Å². The van der Waals surface area contributed by atoms with Gasteiger partial charge < -0.3 is 9.88 Å². The summed E-state index contributed by atoms with van der Waals surface area (Å²) in [6.45, 7) is 2.91. The van der Waals surface area contributed by atoms with Crippen LogP contribution in [0.2, 0.25) is 0 Å². The van der Waals surface area contributed by atoms with Crippen molar-refractivity contribution in [3.05, 3.63) is 83.4 Å². The molecule has 4 nitrogen and oxygen atoms in total. The molecule has 0 saturated carbocycles. The van der Waals surface area contributed by atoms with Crippen molar-refractivity contribution in [2.24, 2.45) is 0 Å². The number of carbonyl (C=O) groups is 1. The van der Waals surface area contributed by atoms with E-state index in [0.717, 1.165) is 30.9 Å². The number of hydrogen-bond donors (Lipinski definition) is 1. The summed E-state index contributed by atoms with van der Waals surface area (Å²) in [6, 6.07) is 18.4. The first kappa shape index (κ1) is 15.6. The highest BCUT2D eigenvalue weighted by molar-refractivity contribution is 6.02. The summed E-state index contributed by atoms with van der Waals surface area (Å²) in [7, 11) is 0. The lowest BCUT2D eigenvalue weighted by Gasteiger charge is -2.23. The molecule has 25 heavy (non-hydrogen) atoms. The molecule has 0 aliphatic carbocycles. The van der Waals surface area contributed by atoms with E-state index in [-0.39, 0.29) is 5.91 Å². The fourth-order valence-corrected chi connectivity index (χ4v) is 3.38. The van der Waals surface area contributed by atoms with E-state index in [1.807, 2.05) is 43.5 Å². The Bertz CT molecular complexity index is 881. The highest BCUT2D eigenvalue weighted by Crippen LogP contribution is 2.28. The zero-order valence-corrected chi connectivity index (χ0v) is 14.3. The average molecular weight is 331 g/mol. The van der Waals surface area contributed by atoms with Gasteiger partial charge in [-0.25, -0.2) is 4.98 Å². The first-order valence-electron chi connectivity index (χ1n) is 8.68. The van der Waals surface area contributed by atoms with Gasteiger partial charge in [0.05, 0.1) is 0 Å². The molecular weight excluding hydrogens is 310 g/mol.